The second kappa shape index (κ2) is 14.4. The van der Waals surface area contributed by atoms with Gasteiger partial charge in [-0.25, -0.2) is 4.79 Å². The first kappa shape index (κ1) is 24.6. The van der Waals surface area contributed by atoms with Gasteiger partial charge in [-0.2, -0.15) is 0 Å². The summed E-state index contributed by atoms with van der Waals surface area (Å²) in [4.78, 5) is 11.5. The highest BCUT2D eigenvalue weighted by Crippen LogP contribution is 2.20. The number of ether oxygens (including phenoxy) is 3. The molecule has 0 amide bonds. The molecule has 2 rings (SSSR count). The molecule has 5 heteroatoms. The molecule has 5 nitrogen and oxygen atoms in total. The molecule has 166 valence electrons. The predicted octanol–water partition coefficient (Wildman–Crippen LogP) is 4.27. The lowest BCUT2D eigenvalue weighted by atomic mass is 10.0. The molecule has 2 aromatic rings. The minimum Gasteiger partial charge on any atom is -0.456 e. The van der Waals surface area contributed by atoms with Gasteiger partial charge >= 0.3 is 5.97 Å². The van der Waals surface area contributed by atoms with Crippen LogP contribution in [0, 0.1) is 11.8 Å². The number of rotatable bonds is 12. The second-order valence-corrected chi connectivity index (χ2v) is 7.18. The molecule has 0 saturated carbocycles. The second-order valence-electron chi connectivity index (χ2n) is 7.18. The van der Waals surface area contributed by atoms with Gasteiger partial charge in [-0.05, 0) is 24.5 Å². The molecule has 31 heavy (non-hydrogen) atoms. The summed E-state index contributed by atoms with van der Waals surface area (Å²) in [5.74, 6) is 4.52. The van der Waals surface area contributed by atoms with Gasteiger partial charge in [0.25, 0.3) is 0 Å². The maximum atomic E-state index is 11.5. The van der Waals surface area contributed by atoms with Crippen molar-refractivity contribution in [1.82, 2.24) is 0 Å². The third-order valence-electron chi connectivity index (χ3n) is 4.69. The molecule has 1 N–H and O–H groups in total. The molecule has 0 heterocycles. The van der Waals surface area contributed by atoms with Gasteiger partial charge in [0.15, 0.2) is 0 Å². The molecule has 2 aromatic carbocycles. The number of esters is 1. The molecule has 3 atom stereocenters. The molecule has 0 aliphatic heterocycles. The molecular weight excluding hydrogens is 392 g/mol. The van der Waals surface area contributed by atoms with E-state index in [0.717, 1.165) is 24.0 Å². The van der Waals surface area contributed by atoms with Crippen LogP contribution in [0.2, 0.25) is 0 Å². The summed E-state index contributed by atoms with van der Waals surface area (Å²) in [6, 6.07) is 19.7. The number of hydrogen-bond acceptors (Lipinski definition) is 5. The topological polar surface area (TPSA) is 65.0 Å². The summed E-state index contributed by atoms with van der Waals surface area (Å²) in [5.41, 5.74) is 2.07. The van der Waals surface area contributed by atoms with Crippen LogP contribution in [-0.4, -0.2) is 36.0 Å². The standard InChI is InChI=1S/C26H32O5/c1-3-12-24(30-19-21-13-7-5-8-14-21)26(31-20-22-15-9-6-10-16-22)23(27)17-11-18-25(28)29-4-2/h5-10,13-16,23-24,26-27H,3-4,12,17,19-20H2,1-2H3/t23?,24-,26+/m0/s1. The van der Waals surface area contributed by atoms with E-state index in [0.29, 0.717) is 13.2 Å². The average Bonchev–Trinajstić information content (AvgIpc) is 2.79. The molecule has 1 unspecified atom stereocenters. The van der Waals surface area contributed by atoms with E-state index in [-0.39, 0.29) is 19.1 Å². The van der Waals surface area contributed by atoms with Crippen LogP contribution in [-0.2, 0) is 32.2 Å². The Labute approximate surface area is 185 Å². The van der Waals surface area contributed by atoms with E-state index in [4.69, 9.17) is 14.2 Å². The molecule has 0 spiro atoms. The van der Waals surface area contributed by atoms with Gasteiger partial charge in [0.2, 0.25) is 0 Å². The summed E-state index contributed by atoms with van der Waals surface area (Å²) < 4.78 is 17.1. The average molecular weight is 425 g/mol. The smallest absolute Gasteiger partial charge is 0.384 e. The number of aliphatic hydroxyl groups is 1. The van der Waals surface area contributed by atoms with Crippen molar-refractivity contribution in [3.8, 4) is 11.8 Å². The zero-order valence-corrected chi connectivity index (χ0v) is 18.3. The van der Waals surface area contributed by atoms with Crippen LogP contribution in [0.4, 0.5) is 0 Å². The highest BCUT2D eigenvalue weighted by molar-refractivity contribution is 5.88. The van der Waals surface area contributed by atoms with E-state index in [1.165, 1.54) is 0 Å². The van der Waals surface area contributed by atoms with E-state index < -0.39 is 18.2 Å². The SMILES string of the molecule is CCC[C@H](OCc1ccccc1)[C@H](OCc1ccccc1)C(O)CC#CC(=O)OCC. The molecule has 0 fully saturated rings. The highest BCUT2D eigenvalue weighted by Gasteiger charge is 2.29. The molecule has 0 aromatic heterocycles. The van der Waals surface area contributed by atoms with Crippen LogP contribution < -0.4 is 0 Å². The van der Waals surface area contributed by atoms with Gasteiger partial charge in [-0.3, -0.25) is 0 Å². The van der Waals surface area contributed by atoms with Gasteiger partial charge in [0, 0.05) is 12.3 Å². The third-order valence-corrected chi connectivity index (χ3v) is 4.69. The summed E-state index contributed by atoms with van der Waals surface area (Å²) in [7, 11) is 0. The van der Waals surface area contributed by atoms with Crippen molar-refractivity contribution in [3.63, 3.8) is 0 Å². The Hall–Kier alpha value is -2.65. The molecule has 0 saturated heterocycles. The molecular formula is C26H32O5. The fourth-order valence-electron chi connectivity index (χ4n) is 3.15. The summed E-state index contributed by atoms with van der Waals surface area (Å²) in [5, 5.41) is 10.9. The molecule has 0 aliphatic rings. The molecule has 0 aliphatic carbocycles. The van der Waals surface area contributed by atoms with Gasteiger partial charge < -0.3 is 19.3 Å². The number of carbonyl (C=O) groups excluding carboxylic acids is 1. The monoisotopic (exact) mass is 424 g/mol. The van der Waals surface area contributed by atoms with Crippen LogP contribution in [0.3, 0.4) is 0 Å². The summed E-state index contributed by atoms with van der Waals surface area (Å²) in [6.07, 6.45) is -0.0973. The first-order valence-electron chi connectivity index (χ1n) is 10.8. The summed E-state index contributed by atoms with van der Waals surface area (Å²) in [6.45, 7) is 4.84. The number of benzene rings is 2. The fraction of sp³-hybridized carbons (Fsp3) is 0.423. The fourth-order valence-corrected chi connectivity index (χ4v) is 3.15. The van der Waals surface area contributed by atoms with E-state index >= 15 is 0 Å². The Balaban J connectivity index is 2.10. The lowest BCUT2D eigenvalue weighted by Gasteiger charge is -2.30. The van der Waals surface area contributed by atoms with Crippen molar-refractivity contribution in [2.75, 3.05) is 6.61 Å². The van der Waals surface area contributed by atoms with Crippen LogP contribution >= 0.6 is 0 Å². The van der Waals surface area contributed by atoms with E-state index in [2.05, 4.69) is 18.8 Å². The maximum absolute atomic E-state index is 11.5. The van der Waals surface area contributed by atoms with E-state index in [1.807, 2.05) is 60.7 Å². The van der Waals surface area contributed by atoms with Crippen LogP contribution in [0.1, 0.15) is 44.2 Å². The first-order chi connectivity index (χ1) is 15.1. The van der Waals surface area contributed by atoms with Crippen LogP contribution in [0.5, 0.6) is 0 Å². The van der Waals surface area contributed by atoms with Gasteiger partial charge in [0.05, 0.1) is 32.0 Å². The maximum Gasteiger partial charge on any atom is 0.384 e. The Morgan fingerprint density at radius 2 is 1.52 bits per heavy atom. The van der Waals surface area contributed by atoms with E-state index in [1.54, 1.807) is 6.92 Å². The van der Waals surface area contributed by atoms with Crippen LogP contribution in [0.25, 0.3) is 0 Å². The van der Waals surface area contributed by atoms with Crippen molar-refractivity contribution in [2.24, 2.45) is 0 Å². The zero-order valence-electron chi connectivity index (χ0n) is 18.3. The predicted molar refractivity (Wildman–Crippen MR) is 120 cm³/mol. The van der Waals surface area contributed by atoms with Gasteiger partial charge in [-0.15, -0.1) is 0 Å². The number of hydrogen-bond donors (Lipinski definition) is 1. The number of aliphatic hydroxyl groups excluding tert-OH is 1. The number of carbonyl (C=O) groups is 1. The van der Waals surface area contributed by atoms with Gasteiger partial charge in [0.1, 0.15) is 6.10 Å². The van der Waals surface area contributed by atoms with Gasteiger partial charge in [-0.1, -0.05) is 79.9 Å². The van der Waals surface area contributed by atoms with E-state index in [9.17, 15) is 9.90 Å². The lowest BCUT2D eigenvalue weighted by Crippen LogP contribution is -2.41. The van der Waals surface area contributed by atoms with Crippen molar-refractivity contribution in [2.45, 2.75) is 64.6 Å². The Morgan fingerprint density at radius 1 is 0.935 bits per heavy atom. The quantitative estimate of drug-likeness (QED) is 0.313. The molecule has 0 radical (unpaired) electrons. The Kier molecular flexibility index (Phi) is 11.4. The van der Waals surface area contributed by atoms with Crippen LogP contribution in [0.15, 0.2) is 60.7 Å². The van der Waals surface area contributed by atoms with Crippen molar-refractivity contribution < 1.29 is 24.1 Å². The van der Waals surface area contributed by atoms with Crippen molar-refractivity contribution >= 4 is 5.97 Å². The largest absolute Gasteiger partial charge is 0.456 e. The normalized spacial score (nSPS) is 13.5. The van der Waals surface area contributed by atoms with Crippen molar-refractivity contribution in [3.05, 3.63) is 71.8 Å². The Morgan fingerprint density at radius 3 is 2.06 bits per heavy atom. The third kappa shape index (κ3) is 9.35. The zero-order chi connectivity index (χ0) is 22.3. The highest BCUT2D eigenvalue weighted by atomic mass is 16.5. The minimum absolute atomic E-state index is 0.0905. The first-order valence-corrected chi connectivity index (χ1v) is 10.8. The Bertz CT molecular complexity index is 810. The van der Waals surface area contributed by atoms with Crippen molar-refractivity contribution in [1.29, 1.82) is 0 Å². The lowest BCUT2D eigenvalue weighted by molar-refractivity contribution is -0.136. The minimum atomic E-state index is -0.905. The molecule has 0 bridgehead atoms. The summed E-state index contributed by atoms with van der Waals surface area (Å²) >= 11 is 0.